The van der Waals surface area contributed by atoms with E-state index < -0.39 is 6.09 Å². The molecule has 2 N–H and O–H groups in total. The molecule has 1 aliphatic rings. The first-order valence-corrected chi connectivity index (χ1v) is 5.07. The van der Waals surface area contributed by atoms with Crippen LogP contribution in [0.2, 0.25) is 0 Å². The van der Waals surface area contributed by atoms with Gasteiger partial charge in [-0.2, -0.15) is 0 Å². The summed E-state index contributed by atoms with van der Waals surface area (Å²) in [5.41, 5.74) is 0.309. The fourth-order valence-electron chi connectivity index (χ4n) is 1.49. The molecule has 2 amide bonds. The number of allylic oxidation sites excluding steroid dienone is 1. The van der Waals surface area contributed by atoms with Crippen molar-refractivity contribution in [2.24, 2.45) is 0 Å². The Balaban J connectivity index is 2.58. The first kappa shape index (κ1) is 12.4. The maximum absolute atomic E-state index is 11.8. The lowest BCUT2D eigenvalue weighted by atomic mass is 10.2. The Kier molecular flexibility index (Phi) is 3.76. The molecule has 0 unspecified atom stereocenters. The molecule has 0 bridgehead atoms. The molecule has 1 aliphatic heterocycles. The average molecular weight is 228 g/mol. The molecule has 0 saturated carbocycles. The number of carboxylic acid groups (broad SMARTS) is 1. The lowest BCUT2D eigenvalue weighted by Crippen LogP contribution is -2.50. The molecule has 0 aromatic rings. The predicted octanol–water partition coefficient (Wildman–Crippen LogP) is 0.661. The van der Waals surface area contributed by atoms with Gasteiger partial charge in [0.2, 0.25) is 0 Å². The largest absolute Gasteiger partial charge is 0.512 e. The summed E-state index contributed by atoms with van der Waals surface area (Å²) in [5, 5.41) is 17.9. The van der Waals surface area contributed by atoms with E-state index in [-0.39, 0.29) is 11.7 Å². The number of carbonyl (C=O) groups is 2. The Morgan fingerprint density at radius 2 is 1.38 bits per heavy atom. The van der Waals surface area contributed by atoms with E-state index in [1.165, 1.54) is 11.8 Å². The Bertz CT molecular complexity index is 326. The maximum atomic E-state index is 11.8. The topological polar surface area (TPSA) is 81.1 Å². The lowest BCUT2D eigenvalue weighted by molar-refractivity contribution is -0.128. The Labute approximate surface area is 93.8 Å². The second-order valence-corrected chi connectivity index (χ2v) is 3.77. The smallest absolute Gasteiger partial charge is 0.407 e. The number of amides is 2. The van der Waals surface area contributed by atoms with Crippen LogP contribution in [-0.2, 0) is 4.79 Å². The molecule has 1 rings (SSSR count). The van der Waals surface area contributed by atoms with Crippen LogP contribution < -0.4 is 0 Å². The molecule has 1 fully saturated rings. The molecule has 0 aromatic heterocycles. The number of piperazine rings is 1. The van der Waals surface area contributed by atoms with Gasteiger partial charge in [0.1, 0.15) is 0 Å². The highest BCUT2D eigenvalue weighted by atomic mass is 16.4. The van der Waals surface area contributed by atoms with Crippen molar-refractivity contribution in [3.05, 3.63) is 11.3 Å². The average Bonchev–Trinajstić information content (AvgIpc) is 2.27. The van der Waals surface area contributed by atoms with E-state index in [0.29, 0.717) is 31.8 Å². The van der Waals surface area contributed by atoms with Crippen molar-refractivity contribution in [1.29, 1.82) is 0 Å². The fraction of sp³-hybridized carbons (Fsp3) is 0.600. The summed E-state index contributed by atoms with van der Waals surface area (Å²) in [6, 6.07) is 0. The number of nitrogens with zero attached hydrogens (tertiary/aromatic N) is 2. The highest BCUT2D eigenvalue weighted by Gasteiger charge is 2.24. The lowest BCUT2D eigenvalue weighted by Gasteiger charge is -2.33. The van der Waals surface area contributed by atoms with Gasteiger partial charge in [-0.05, 0) is 13.8 Å². The summed E-state index contributed by atoms with van der Waals surface area (Å²) < 4.78 is 0. The molecular weight excluding hydrogens is 212 g/mol. The molecule has 6 heteroatoms. The number of rotatable bonds is 1. The van der Waals surface area contributed by atoms with Crippen LogP contribution in [0, 0.1) is 0 Å². The number of aliphatic hydroxyl groups is 1. The molecule has 0 radical (unpaired) electrons. The van der Waals surface area contributed by atoms with E-state index in [4.69, 9.17) is 5.11 Å². The second-order valence-electron chi connectivity index (χ2n) is 3.77. The minimum atomic E-state index is -0.960. The summed E-state index contributed by atoms with van der Waals surface area (Å²) in [7, 11) is 0. The van der Waals surface area contributed by atoms with E-state index in [1.54, 1.807) is 11.8 Å². The minimum absolute atomic E-state index is 0.00524. The van der Waals surface area contributed by atoms with Crippen LogP contribution >= 0.6 is 0 Å². The zero-order valence-electron chi connectivity index (χ0n) is 9.43. The van der Waals surface area contributed by atoms with Crippen molar-refractivity contribution in [3.8, 4) is 0 Å². The molecule has 6 nitrogen and oxygen atoms in total. The number of carbonyl (C=O) groups excluding carboxylic acids is 1. The predicted molar refractivity (Wildman–Crippen MR) is 57.2 cm³/mol. The number of aliphatic hydroxyl groups excluding tert-OH is 1. The summed E-state index contributed by atoms with van der Waals surface area (Å²) >= 11 is 0. The molecule has 0 aliphatic carbocycles. The number of hydrogen-bond acceptors (Lipinski definition) is 3. The van der Waals surface area contributed by atoms with Crippen LogP contribution in [0.1, 0.15) is 13.8 Å². The normalized spacial score (nSPS) is 18.1. The van der Waals surface area contributed by atoms with Crippen molar-refractivity contribution in [2.45, 2.75) is 13.8 Å². The van der Waals surface area contributed by atoms with Crippen LogP contribution in [0.4, 0.5) is 4.79 Å². The van der Waals surface area contributed by atoms with Crippen LogP contribution in [0.25, 0.3) is 0 Å². The van der Waals surface area contributed by atoms with E-state index in [9.17, 15) is 14.7 Å². The van der Waals surface area contributed by atoms with Gasteiger partial charge in [0.05, 0.1) is 11.3 Å². The molecule has 1 saturated heterocycles. The van der Waals surface area contributed by atoms with Crippen molar-refractivity contribution in [1.82, 2.24) is 9.80 Å². The zero-order valence-corrected chi connectivity index (χ0v) is 9.43. The van der Waals surface area contributed by atoms with Gasteiger partial charge in [-0.15, -0.1) is 0 Å². The first-order valence-electron chi connectivity index (χ1n) is 5.07. The number of hydrogen-bond donors (Lipinski definition) is 2. The maximum Gasteiger partial charge on any atom is 0.407 e. The van der Waals surface area contributed by atoms with Gasteiger partial charge in [-0.1, -0.05) is 0 Å². The van der Waals surface area contributed by atoms with Crippen molar-refractivity contribution in [3.63, 3.8) is 0 Å². The van der Waals surface area contributed by atoms with E-state index in [0.717, 1.165) is 0 Å². The molecule has 0 atom stereocenters. The SMILES string of the molecule is C/C(O)=C(\C)C(=O)N1CCN(C(=O)O)CC1. The minimum Gasteiger partial charge on any atom is -0.512 e. The van der Waals surface area contributed by atoms with Crippen LogP contribution in [-0.4, -0.2) is 58.2 Å². The van der Waals surface area contributed by atoms with Gasteiger partial charge in [0.25, 0.3) is 5.91 Å². The Hall–Kier alpha value is -1.72. The molecule has 0 aromatic carbocycles. The highest BCUT2D eigenvalue weighted by Crippen LogP contribution is 2.09. The Morgan fingerprint density at radius 1 is 0.938 bits per heavy atom. The summed E-state index contributed by atoms with van der Waals surface area (Å²) in [6.45, 7) is 4.39. The van der Waals surface area contributed by atoms with Crippen molar-refractivity contribution in [2.75, 3.05) is 26.2 Å². The van der Waals surface area contributed by atoms with E-state index >= 15 is 0 Å². The third-order valence-corrected chi connectivity index (χ3v) is 2.70. The second kappa shape index (κ2) is 4.87. The summed E-state index contributed by atoms with van der Waals surface area (Å²) in [6.07, 6.45) is -0.960. The van der Waals surface area contributed by atoms with Gasteiger partial charge < -0.3 is 20.0 Å². The summed E-state index contributed by atoms with van der Waals surface area (Å²) in [5.74, 6) is -0.226. The van der Waals surface area contributed by atoms with Gasteiger partial charge >= 0.3 is 6.09 Å². The molecule has 0 spiro atoms. The van der Waals surface area contributed by atoms with E-state index in [2.05, 4.69) is 0 Å². The van der Waals surface area contributed by atoms with Crippen molar-refractivity contribution >= 4 is 12.0 Å². The van der Waals surface area contributed by atoms with Crippen LogP contribution in [0.3, 0.4) is 0 Å². The quantitative estimate of drug-likeness (QED) is 0.510. The van der Waals surface area contributed by atoms with Gasteiger partial charge in [-0.25, -0.2) is 4.79 Å². The molecule has 16 heavy (non-hydrogen) atoms. The summed E-state index contributed by atoms with van der Waals surface area (Å²) in [4.78, 5) is 25.2. The van der Waals surface area contributed by atoms with Crippen LogP contribution in [0.5, 0.6) is 0 Å². The van der Waals surface area contributed by atoms with Gasteiger partial charge in [0.15, 0.2) is 0 Å². The first-order chi connectivity index (χ1) is 7.43. The van der Waals surface area contributed by atoms with Crippen molar-refractivity contribution < 1.29 is 19.8 Å². The molecule has 1 heterocycles. The highest BCUT2D eigenvalue weighted by molar-refractivity contribution is 5.93. The third-order valence-electron chi connectivity index (χ3n) is 2.70. The molecule has 90 valence electrons. The Morgan fingerprint density at radius 3 is 1.75 bits per heavy atom. The van der Waals surface area contributed by atoms with Crippen LogP contribution in [0.15, 0.2) is 11.3 Å². The molecular formula is C10H16N2O4. The van der Waals surface area contributed by atoms with E-state index in [1.807, 2.05) is 0 Å². The van der Waals surface area contributed by atoms with Gasteiger partial charge in [-0.3, -0.25) is 4.79 Å². The third kappa shape index (κ3) is 2.65. The fourth-order valence-corrected chi connectivity index (χ4v) is 1.49. The monoisotopic (exact) mass is 228 g/mol. The zero-order chi connectivity index (χ0) is 12.3. The standard InChI is InChI=1S/C10H16N2O4/c1-7(8(2)13)9(14)11-3-5-12(6-4-11)10(15)16/h13H,3-6H2,1-2H3,(H,15,16)/b8-7-. The van der Waals surface area contributed by atoms with Gasteiger partial charge in [0, 0.05) is 26.2 Å².